The molecule has 1 aliphatic carbocycles. The van der Waals surface area contributed by atoms with Crippen LogP contribution in [0.5, 0.6) is 17.2 Å². The Bertz CT molecular complexity index is 1190. The van der Waals surface area contributed by atoms with Gasteiger partial charge in [0.2, 0.25) is 0 Å². The molecular formula is C30H37N2O5+. The second kappa shape index (κ2) is 12.1. The van der Waals surface area contributed by atoms with Crippen molar-refractivity contribution in [2.75, 3.05) is 27.3 Å². The summed E-state index contributed by atoms with van der Waals surface area (Å²) in [6.45, 7) is 1.65. The molecule has 1 fully saturated rings. The Morgan fingerprint density at radius 2 is 1.68 bits per heavy atom. The molecule has 0 radical (unpaired) electrons. The number of aliphatic hydroxyl groups excluding tert-OH is 1. The molecule has 0 heterocycles. The highest BCUT2D eigenvalue weighted by Crippen LogP contribution is 2.42. The molecule has 1 unspecified atom stereocenters. The van der Waals surface area contributed by atoms with E-state index in [-0.39, 0.29) is 11.0 Å². The molecule has 0 aromatic heterocycles. The molecule has 1 amide bonds. The number of hydrogen-bond donors (Lipinski definition) is 3. The molecule has 0 saturated heterocycles. The van der Waals surface area contributed by atoms with Crippen LogP contribution in [0.2, 0.25) is 0 Å². The Kier molecular flexibility index (Phi) is 8.69. The summed E-state index contributed by atoms with van der Waals surface area (Å²) in [6.07, 6.45) is 3.79. The molecule has 7 nitrogen and oxygen atoms in total. The van der Waals surface area contributed by atoms with Crippen molar-refractivity contribution in [3.8, 4) is 17.2 Å². The first-order valence-corrected chi connectivity index (χ1v) is 12.8. The Hall–Kier alpha value is -3.55. The van der Waals surface area contributed by atoms with E-state index in [2.05, 4.69) is 17.4 Å². The fourth-order valence-corrected chi connectivity index (χ4v) is 5.29. The number of hydrogen-bond acceptors (Lipinski definition) is 5. The quantitative estimate of drug-likeness (QED) is 0.349. The summed E-state index contributed by atoms with van der Waals surface area (Å²) >= 11 is 0. The third-order valence-electron chi connectivity index (χ3n) is 7.37. The number of nitrogens with two attached hydrogens (primary N) is 2. The summed E-state index contributed by atoms with van der Waals surface area (Å²) in [5, 5.41) is 13.1. The maximum Gasteiger partial charge on any atom is 0.252 e. The molecule has 0 bridgehead atoms. The van der Waals surface area contributed by atoms with Crippen LogP contribution < -0.4 is 25.3 Å². The van der Waals surface area contributed by atoms with E-state index in [4.69, 9.17) is 19.9 Å². The molecule has 0 spiro atoms. The van der Waals surface area contributed by atoms with Gasteiger partial charge in [-0.25, -0.2) is 0 Å². The minimum absolute atomic E-state index is 0.0206. The summed E-state index contributed by atoms with van der Waals surface area (Å²) in [6, 6.07) is 21.0. The van der Waals surface area contributed by atoms with Gasteiger partial charge in [0, 0.05) is 5.41 Å². The van der Waals surface area contributed by atoms with E-state index in [1.54, 1.807) is 32.4 Å². The average molecular weight is 506 g/mol. The van der Waals surface area contributed by atoms with Crippen LogP contribution in [0.4, 0.5) is 0 Å². The van der Waals surface area contributed by atoms with Gasteiger partial charge in [0.25, 0.3) is 5.91 Å². The van der Waals surface area contributed by atoms with Crippen molar-refractivity contribution < 1.29 is 29.4 Å². The van der Waals surface area contributed by atoms with Gasteiger partial charge >= 0.3 is 0 Å². The second-order valence-corrected chi connectivity index (χ2v) is 9.70. The standard InChI is InChI=1S/C30H36N2O5/c1-35-27-13-11-23(17-28(27)36-2)30(14-6-7-15-30)20-32-18-25(33)22-10-12-26(24(16-22)29(31)34)37-19-21-8-4-3-5-9-21/h3-5,8-13,16-17,25,32-33H,6-7,14-15,18-20H2,1-2H3,(H2,31,34)/p+1. The number of primary amides is 1. The fourth-order valence-electron chi connectivity index (χ4n) is 5.29. The maximum absolute atomic E-state index is 12.1. The van der Waals surface area contributed by atoms with E-state index < -0.39 is 12.0 Å². The molecule has 5 N–H and O–H groups in total. The normalized spacial score (nSPS) is 15.2. The Balaban J connectivity index is 1.42. The van der Waals surface area contributed by atoms with Gasteiger partial charge in [0.1, 0.15) is 25.0 Å². The number of carbonyl (C=O) groups excluding carboxylic acids is 1. The molecule has 196 valence electrons. The zero-order chi connectivity index (χ0) is 26.3. The lowest BCUT2D eigenvalue weighted by Gasteiger charge is -2.29. The highest BCUT2D eigenvalue weighted by Gasteiger charge is 2.38. The van der Waals surface area contributed by atoms with Crippen LogP contribution in [-0.4, -0.2) is 38.3 Å². The highest BCUT2D eigenvalue weighted by atomic mass is 16.5. The van der Waals surface area contributed by atoms with Crippen LogP contribution in [-0.2, 0) is 12.0 Å². The number of benzene rings is 3. The van der Waals surface area contributed by atoms with Gasteiger partial charge in [0.15, 0.2) is 11.5 Å². The van der Waals surface area contributed by atoms with Crippen molar-refractivity contribution in [2.24, 2.45) is 5.73 Å². The van der Waals surface area contributed by atoms with Crippen molar-refractivity contribution in [3.05, 3.63) is 89.0 Å². The van der Waals surface area contributed by atoms with Gasteiger partial charge in [-0.05, 0) is 53.8 Å². The number of methoxy groups -OCH3 is 2. The van der Waals surface area contributed by atoms with E-state index >= 15 is 0 Å². The number of carbonyl (C=O) groups is 1. The smallest absolute Gasteiger partial charge is 0.252 e. The van der Waals surface area contributed by atoms with E-state index in [1.807, 2.05) is 36.4 Å². The lowest BCUT2D eigenvalue weighted by atomic mass is 9.78. The Morgan fingerprint density at radius 1 is 0.973 bits per heavy atom. The van der Waals surface area contributed by atoms with E-state index in [9.17, 15) is 9.90 Å². The number of ether oxygens (including phenoxy) is 3. The summed E-state index contributed by atoms with van der Waals surface area (Å²) in [7, 11) is 3.30. The lowest BCUT2D eigenvalue weighted by molar-refractivity contribution is -0.669. The van der Waals surface area contributed by atoms with Crippen LogP contribution in [0.3, 0.4) is 0 Å². The molecule has 37 heavy (non-hydrogen) atoms. The van der Waals surface area contributed by atoms with E-state index in [1.165, 1.54) is 18.4 Å². The first-order valence-electron chi connectivity index (χ1n) is 12.8. The number of aliphatic hydroxyl groups is 1. The molecule has 1 atom stereocenters. The first-order chi connectivity index (χ1) is 18.0. The van der Waals surface area contributed by atoms with Crippen molar-refractivity contribution in [1.82, 2.24) is 0 Å². The van der Waals surface area contributed by atoms with E-state index in [0.29, 0.717) is 24.5 Å². The van der Waals surface area contributed by atoms with Gasteiger partial charge < -0.3 is 30.4 Å². The van der Waals surface area contributed by atoms with Gasteiger partial charge in [-0.2, -0.15) is 0 Å². The van der Waals surface area contributed by atoms with E-state index in [0.717, 1.165) is 36.4 Å². The molecular weight excluding hydrogens is 468 g/mol. The van der Waals surface area contributed by atoms with Gasteiger partial charge in [-0.15, -0.1) is 0 Å². The first kappa shape index (κ1) is 26.5. The SMILES string of the molecule is COc1ccc(C2(C[NH2+]CC(O)c3ccc(OCc4ccccc4)c(C(N)=O)c3)CCCC2)cc1OC. The summed E-state index contributed by atoms with van der Waals surface area (Å²) in [4.78, 5) is 12.1. The monoisotopic (exact) mass is 505 g/mol. The molecule has 3 aromatic carbocycles. The summed E-state index contributed by atoms with van der Waals surface area (Å²) in [5.74, 6) is 1.29. The van der Waals surface area contributed by atoms with Gasteiger partial charge in [0.05, 0.1) is 26.3 Å². The third-order valence-corrected chi connectivity index (χ3v) is 7.37. The average Bonchev–Trinajstić information content (AvgIpc) is 3.41. The third kappa shape index (κ3) is 6.24. The second-order valence-electron chi connectivity index (χ2n) is 9.70. The van der Waals surface area contributed by atoms with Gasteiger partial charge in [-0.1, -0.05) is 55.3 Å². The predicted molar refractivity (Wildman–Crippen MR) is 142 cm³/mol. The Labute approximate surface area is 218 Å². The number of amides is 1. The van der Waals surface area contributed by atoms with Crippen molar-refractivity contribution in [2.45, 2.75) is 43.8 Å². The van der Waals surface area contributed by atoms with Crippen LogP contribution >= 0.6 is 0 Å². The minimum Gasteiger partial charge on any atom is -0.493 e. The number of rotatable bonds is 12. The maximum atomic E-state index is 12.1. The molecule has 4 rings (SSSR count). The fraction of sp³-hybridized carbons (Fsp3) is 0.367. The topological polar surface area (TPSA) is 108 Å². The van der Waals surface area contributed by atoms with Crippen LogP contribution in [0.15, 0.2) is 66.7 Å². The highest BCUT2D eigenvalue weighted by molar-refractivity contribution is 5.95. The lowest BCUT2D eigenvalue weighted by Crippen LogP contribution is -2.88. The summed E-state index contributed by atoms with van der Waals surface area (Å²) < 4.78 is 16.8. The predicted octanol–water partition coefficient (Wildman–Crippen LogP) is 3.49. The van der Waals surface area contributed by atoms with Crippen LogP contribution in [0.1, 0.15) is 58.8 Å². The molecule has 7 heteroatoms. The minimum atomic E-state index is -0.745. The van der Waals surface area contributed by atoms with Crippen LogP contribution in [0, 0.1) is 0 Å². The zero-order valence-electron chi connectivity index (χ0n) is 21.6. The number of quaternary nitrogens is 1. The van der Waals surface area contributed by atoms with Crippen molar-refractivity contribution >= 4 is 5.91 Å². The molecule has 1 aliphatic rings. The van der Waals surface area contributed by atoms with Crippen LogP contribution in [0.25, 0.3) is 0 Å². The molecule has 0 aliphatic heterocycles. The summed E-state index contributed by atoms with van der Waals surface area (Å²) in [5.41, 5.74) is 8.80. The zero-order valence-corrected chi connectivity index (χ0v) is 21.6. The Morgan fingerprint density at radius 3 is 2.35 bits per heavy atom. The van der Waals surface area contributed by atoms with Crippen molar-refractivity contribution in [1.29, 1.82) is 0 Å². The molecule has 1 saturated carbocycles. The van der Waals surface area contributed by atoms with Gasteiger partial charge in [-0.3, -0.25) is 4.79 Å². The largest absolute Gasteiger partial charge is 0.493 e. The van der Waals surface area contributed by atoms with Crippen molar-refractivity contribution in [3.63, 3.8) is 0 Å². The molecule has 3 aromatic rings.